The molecule has 3 nitrogen and oxygen atoms in total. The monoisotopic (exact) mass is 406 g/mol. The van der Waals surface area contributed by atoms with Crippen LogP contribution in [-0.2, 0) is 10.5 Å². The van der Waals surface area contributed by atoms with Crippen molar-refractivity contribution < 1.29 is 14.3 Å². The van der Waals surface area contributed by atoms with Crippen molar-refractivity contribution in [2.24, 2.45) is 0 Å². The van der Waals surface area contributed by atoms with Gasteiger partial charge in [0.25, 0.3) is 0 Å². The van der Waals surface area contributed by atoms with E-state index < -0.39 is 11.6 Å². The van der Waals surface area contributed by atoms with E-state index in [4.69, 9.17) is 4.74 Å². The minimum absolute atomic E-state index is 0.357. The lowest BCUT2D eigenvalue weighted by atomic mass is 10.1. The summed E-state index contributed by atoms with van der Waals surface area (Å²) < 4.78 is 5.86. The number of halogens is 1. The van der Waals surface area contributed by atoms with Gasteiger partial charge < -0.3 is 4.74 Å². The first-order valence-corrected chi connectivity index (χ1v) is 9.27. The smallest absolute Gasteiger partial charge is 0.339 e. The van der Waals surface area contributed by atoms with Gasteiger partial charge in [-0.05, 0) is 54.4 Å². The van der Waals surface area contributed by atoms with E-state index in [0.717, 1.165) is 16.9 Å². The quantitative estimate of drug-likeness (QED) is 0.373. The molecule has 0 N–H and O–H groups in total. The predicted molar refractivity (Wildman–Crippen MR) is 101 cm³/mol. The molecule has 24 heavy (non-hydrogen) atoms. The van der Waals surface area contributed by atoms with Gasteiger partial charge in [-0.15, -0.1) is 11.8 Å². The van der Waals surface area contributed by atoms with Gasteiger partial charge in [-0.3, -0.25) is 4.79 Å². The van der Waals surface area contributed by atoms with E-state index >= 15 is 0 Å². The Hall–Kier alpha value is -1.59. The number of benzene rings is 2. The van der Waals surface area contributed by atoms with Crippen molar-refractivity contribution in [1.82, 2.24) is 0 Å². The van der Waals surface area contributed by atoms with Crippen molar-refractivity contribution in [2.45, 2.75) is 37.0 Å². The van der Waals surface area contributed by atoms with E-state index in [9.17, 15) is 9.59 Å². The lowest BCUT2D eigenvalue weighted by Gasteiger charge is -2.20. The highest BCUT2D eigenvalue weighted by Gasteiger charge is 2.22. The first-order chi connectivity index (χ1) is 11.3. The van der Waals surface area contributed by atoms with Crippen LogP contribution < -0.4 is 0 Å². The van der Waals surface area contributed by atoms with Gasteiger partial charge in [-0.1, -0.05) is 30.3 Å². The lowest BCUT2D eigenvalue weighted by molar-refractivity contribution is 0.00684. The maximum absolute atomic E-state index is 12.3. The van der Waals surface area contributed by atoms with Crippen molar-refractivity contribution in [3.63, 3.8) is 0 Å². The molecular formula is C19H19BrO3S. The third-order valence-electron chi connectivity index (χ3n) is 3.11. The molecule has 0 aromatic heterocycles. The molecule has 0 heterocycles. The molecule has 5 heteroatoms. The molecule has 0 spiro atoms. The Morgan fingerprint density at radius 1 is 1.17 bits per heavy atom. The number of hydrogen-bond acceptors (Lipinski definition) is 4. The molecule has 0 aliphatic rings. The van der Waals surface area contributed by atoms with Crippen LogP contribution in [0.3, 0.4) is 0 Å². The van der Waals surface area contributed by atoms with Crippen LogP contribution in [0.2, 0.25) is 0 Å². The minimum atomic E-state index is -0.585. The van der Waals surface area contributed by atoms with E-state index in [1.165, 1.54) is 5.56 Å². The molecule has 0 saturated carbocycles. The molecule has 0 bridgehead atoms. The second-order valence-corrected chi connectivity index (χ2v) is 8.04. The molecule has 0 aliphatic carbocycles. The molecule has 0 fully saturated rings. The van der Waals surface area contributed by atoms with Gasteiger partial charge in [-0.25, -0.2) is 4.79 Å². The molecule has 2 aromatic carbocycles. The number of carbonyl (C=O) groups excluding carboxylic acids is 2. The average Bonchev–Trinajstić information content (AvgIpc) is 2.52. The number of hydrogen-bond donors (Lipinski definition) is 0. The maximum Gasteiger partial charge on any atom is 0.339 e. The Kier molecular flexibility index (Phi) is 6.24. The van der Waals surface area contributed by atoms with Gasteiger partial charge in [0, 0.05) is 20.7 Å². The van der Waals surface area contributed by atoms with E-state index in [-0.39, 0.29) is 0 Å². The van der Waals surface area contributed by atoms with Crippen LogP contribution in [0.4, 0.5) is 0 Å². The van der Waals surface area contributed by atoms with Crippen molar-refractivity contribution in [3.05, 3.63) is 63.6 Å². The third kappa shape index (κ3) is 4.95. The van der Waals surface area contributed by atoms with E-state index in [1.54, 1.807) is 23.9 Å². The zero-order valence-corrected chi connectivity index (χ0v) is 16.2. The predicted octanol–water partition coefficient (Wildman–Crippen LogP) is 5.51. The second-order valence-electron chi connectivity index (χ2n) is 6.23. The number of carbonyl (C=O) groups is 2. The number of esters is 1. The summed E-state index contributed by atoms with van der Waals surface area (Å²) >= 11 is 4.94. The summed E-state index contributed by atoms with van der Waals surface area (Å²) in [6.45, 7) is 5.43. The summed E-state index contributed by atoms with van der Waals surface area (Å²) in [5, 5.41) is 0. The largest absolute Gasteiger partial charge is 0.456 e. The van der Waals surface area contributed by atoms with Gasteiger partial charge in [0.05, 0.1) is 5.56 Å². The van der Waals surface area contributed by atoms with E-state index in [1.807, 2.05) is 51.1 Å². The highest BCUT2D eigenvalue weighted by molar-refractivity contribution is 9.10. The summed E-state index contributed by atoms with van der Waals surface area (Å²) in [5.41, 5.74) is 1.42. The molecule has 0 radical (unpaired) electrons. The molecule has 0 atom stereocenters. The molecular weight excluding hydrogens is 388 g/mol. The number of rotatable bonds is 5. The molecule has 0 aliphatic heterocycles. The normalized spacial score (nSPS) is 11.2. The molecule has 0 saturated heterocycles. The SMILES string of the molecule is CC(C)(C)OC(=O)c1ccc(SCc2ccccc2)c(C=O)c1Br. The fraction of sp³-hybridized carbons (Fsp3) is 0.263. The van der Waals surface area contributed by atoms with E-state index in [0.29, 0.717) is 15.6 Å². The van der Waals surface area contributed by atoms with Crippen LogP contribution in [0.1, 0.15) is 47.1 Å². The molecule has 2 rings (SSSR count). The zero-order valence-electron chi connectivity index (χ0n) is 13.8. The number of thioether (sulfide) groups is 1. The minimum Gasteiger partial charge on any atom is -0.456 e. The van der Waals surface area contributed by atoms with Crippen LogP contribution >= 0.6 is 27.7 Å². The Balaban J connectivity index is 2.24. The van der Waals surface area contributed by atoms with Crippen LogP contribution in [0.25, 0.3) is 0 Å². The zero-order chi connectivity index (χ0) is 17.7. The lowest BCUT2D eigenvalue weighted by Crippen LogP contribution is -2.24. The highest BCUT2D eigenvalue weighted by atomic mass is 79.9. The first kappa shape index (κ1) is 18.7. The maximum atomic E-state index is 12.3. The highest BCUT2D eigenvalue weighted by Crippen LogP contribution is 2.33. The van der Waals surface area contributed by atoms with Gasteiger partial charge >= 0.3 is 5.97 Å². The Morgan fingerprint density at radius 2 is 1.83 bits per heavy atom. The fourth-order valence-corrected chi connectivity index (χ4v) is 3.75. The van der Waals surface area contributed by atoms with Crippen LogP contribution in [0.5, 0.6) is 0 Å². The molecule has 2 aromatic rings. The standard InChI is InChI=1S/C19H19BrO3S/c1-19(2,3)23-18(22)14-9-10-16(15(11-21)17(14)20)24-12-13-7-5-4-6-8-13/h4-11H,12H2,1-3H3. The van der Waals surface area contributed by atoms with Crippen LogP contribution in [0.15, 0.2) is 51.8 Å². The van der Waals surface area contributed by atoms with Gasteiger partial charge in [0.15, 0.2) is 6.29 Å². The molecule has 0 unspecified atom stereocenters. The van der Waals surface area contributed by atoms with Gasteiger partial charge in [0.2, 0.25) is 0 Å². The second kappa shape index (κ2) is 7.99. The van der Waals surface area contributed by atoms with Crippen molar-refractivity contribution in [3.8, 4) is 0 Å². The summed E-state index contributed by atoms with van der Waals surface area (Å²) in [4.78, 5) is 24.6. The van der Waals surface area contributed by atoms with Gasteiger partial charge in [-0.2, -0.15) is 0 Å². The van der Waals surface area contributed by atoms with Crippen molar-refractivity contribution in [2.75, 3.05) is 0 Å². The summed E-state index contributed by atoms with van der Waals surface area (Å²) in [7, 11) is 0. The van der Waals surface area contributed by atoms with Crippen molar-refractivity contribution >= 4 is 39.9 Å². The Labute approximate surface area is 154 Å². The number of aldehydes is 1. The van der Waals surface area contributed by atoms with Gasteiger partial charge in [0.1, 0.15) is 5.60 Å². The van der Waals surface area contributed by atoms with Crippen molar-refractivity contribution in [1.29, 1.82) is 0 Å². The number of ether oxygens (including phenoxy) is 1. The third-order valence-corrected chi connectivity index (χ3v) is 5.11. The first-order valence-electron chi connectivity index (χ1n) is 7.49. The average molecular weight is 407 g/mol. The fourth-order valence-electron chi connectivity index (χ4n) is 2.04. The summed E-state index contributed by atoms with van der Waals surface area (Å²) in [6.07, 6.45) is 0.769. The summed E-state index contributed by atoms with van der Waals surface area (Å²) in [6, 6.07) is 13.5. The van der Waals surface area contributed by atoms with E-state index in [2.05, 4.69) is 15.9 Å². The molecule has 0 amide bonds. The topological polar surface area (TPSA) is 43.4 Å². The summed E-state index contributed by atoms with van der Waals surface area (Å²) in [5.74, 6) is 0.303. The molecule has 126 valence electrons. The van der Waals surface area contributed by atoms with Crippen LogP contribution in [-0.4, -0.2) is 17.9 Å². The Bertz CT molecular complexity index is 736. The van der Waals surface area contributed by atoms with Crippen LogP contribution in [0, 0.1) is 0 Å². The Morgan fingerprint density at radius 3 is 2.42 bits per heavy atom.